The molecule has 0 radical (unpaired) electrons. The second kappa shape index (κ2) is 5.73. The SMILES string of the molecule is Nc1cc(Br)c(F)cc1Nc1cc(C(F)(F)F)ccc1Cl. The summed E-state index contributed by atoms with van der Waals surface area (Å²) in [5.74, 6) is -0.602. The van der Waals surface area contributed by atoms with E-state index in [0.717, 1.165) is 24.3 Å². The van der Waals surface area contributed by atoms with Crippen LogP contribution < -0.4 is 11.1 Å². The van der Waals surface area contributed by atoms with E-state index in [4.69, 9.17) is 17.3 Å². The maximum atomic E-state index is 13.5. The predicted octanol–water partition coefficient (Wildman–Crippen LogP) is 5.59. The summed E-state index contributed by atoms with van der Waals surface area (Å²) in [7, 11) is 0. The van der Waals surface area contributed by atoms with Gasteiger partial charge in [-0.05, 0) is 40.2 Å². The Bertz CT molecular complexity index is 689. The van der Waals surface area contributed by atoms with Crippen molar-refractivity contribution >= 4 is 44.6 Å². The van der Waals surface area contributed by atoms with Crippen LogP contribution in [0.2, 0.25) is 5.02 Å². The number of benzene rings is 2. The lowest BCUT2D eigenvalue weighted by Crippen LogP contribution is -2.06. The number of nitrogen functional groups attached to an aromatic ring is 1. The maximum Gasteiger partial charge on any atom is 0.416 e. The van der Waals surface area contributed by atoms with Gasteiger partial charge in [0.1, 0.15) is 5.82 Å². The van der Waals surface area contributed by atoms with Crippen molar-refractivity contribution in [2.45, 2.75) is 6.18 Å². The number of hydrogen-bond donors (Lipinski definition) is 2. The summed E-state index contributed by atoms with van der Waals surface area (Å²) in [6.07, 6.45) is -4.50. The van der Waals surface area contributed by atoms with Crippen LogP contribution in [-0.4, -0.2) is 0 Å². The quantitative estimate of drug-likeness (QED) is 0.524. The Balaban J connectivity index is 2.42. The van der Waals surface area contributed by atoms with E-state index in [1.165, 1.54) is 6.07 Å². The second-order valence-corrected chi connectivity index (χ2v) is 5.43. The first kappa shape index (κ1) is 15.9. The summed E-state index contributed by atoms with van der Waals surface area (Å²) >= 11 is 8.81. The molecule has 0 saturated heterocycles. The van der Waals surface area contributed by atoms with E-state index >= 15 is 0 Å². The maximum absolute atomic E-state index is 13.5. The summed E-state index contributed by atoms with van der Waals surface area (Å²) in [5.41, 5.74) is 5.09. The number of hydrogen-bond acceptors (Lipinski definition) is 2. The highest BCUT2D eigenvalue weighted by Crippen LogP contribution is 2.36. The van der Waals surface area contributed by atoms with Gasteiger partial charge in [-0.15, -0.1) is 0 Å². The number of halogens is 6. The van der Waals surface area contributed by atoms with E-state index in [2.05, 4.69) is 21.2 Å². The molecule has 0 heterocycles. The molecule has 0 fully saturated rings. The number of anilines is 3. The Morgan fingerprint density at radius 1 is 1.10 bits per heavy atom. The van der Waals surface area contributed by atoms with Gasteiger partial charge in [0.2, 0.25) is 0 Å². The molecular formula is C13H8BrClF4N2. The average Bonchev–Trinajstić information content (AvgIpc) is 2.37. The third-order valence-corrected chi connectivity index (χ3v) is 3.59. The van der Waals surface area contributed by atoms with Gasteiger partial charge in [0.05, 0.1) is 32.1 Å². The molecule has 0 aliphatic heterocycles. The van der Waals surface area contributed by atoms with E-state index in [1.54, 1.807) is 0 Å². The third-order valence-electron chi connectivity index (χ3n) is 2.66. The lowest BCUT2D eigenvalue weighted by Gasteiger charge is -2.14. The number of alkyl halides is 3. The zero-order valence-electron chi connectivity index (χ0n) is 10.2. The molecule has 0 aliphatic carbocycles. The minimum absolute atomic E-state index is 0.0140. The molecule has 21 heavy (non-hydrogen) atoms. The van der Waals surface area contributed by atoms with Crippen LogP contribution in [0.25, 0.3) is 0 Å². The van der Waals surface area contributed by atoms with Gasteiger partial charge in [0.25, 0.3) is 0 Å². The van der Waals surface area contributed by atoms with Crippen LogP contribution in [-0.2, 0) is 6.18 Å². The molecule has 0 spiro atoms. The summed E-state index contributed by atoms with van der Waals surface area (Å²) < 4.78 is 51.6. The fourth-order valence-electron chi connectivity index (χ4n) is 1.61. The average molecular weight is 384 g/mol. The monoisotopic (exact) mass is 382 g/mol. The first-order chi connectivity index (χ1) is 9.68. The summed E-state index contributed by atoms with van der Waals surface area (Å²) in [6, 6.07) is 5.17. The Labute approximate surface area is 131 Å². The van der Waals surface area contributed by atoms with Crippen molar-refractivity contribution in [2.75, 3.05) is 11.1 Å². The number of rotatable bonds is 2. The predicted molar refractivity (Wildman–Crippen MR) is 78.2 cm³/mol. The van der Waals surface area contributed by atoms with Crippen molar-refractivity contribution in [1.29, 1.82) is 0 Å². The minimum Gasteiger partial charge on any atom is -0.397 e. The van der Waals surface area contributed by atoms with Crippen LogP contribution in [0.1, 0.15) is 5.56 Å². The van der Waals surface area contributed by atoms with Crippen LogP contribution in [0, 0.1) is 5.82 Å². The second-order valence-electron chi connectivity index (χ2n) is 4.17. The van der Waals surface area contributed by atoms with Crippen LogP contribution in [0.4, 0.5) is 34.6 Å². The third kappa shape index (κ3) is 3.59. The number of nitrogens with two attached hydrogens (primary N) is 1. The van der Waals surface area contributed by atoms with Gasteiger partial charge in [0, 0.05) is 6.07 Å². The van der Waals surface area contributed by atoms with Gasteiger partial charge in [-0.25, -0.2) is 4.39 Å². The fourth-order valence-corrected chi connectivity index (χ4v) is 2.14. The topological polar surface area (TPSA) is 38.0 Å². The molecule has 2 aromatic rings. The molecular weight excluding hydrogens is 376 g/mol. The minimum atomic E-state index is -4.50. The highest BCUT2D eigenvalue weighted by molar-refractivity contribution is 9.10. The van der Waals surface area contributed by atoms with Crippen LogP contribution >= 0.6 is 27.5 Å². The lowest BCUT2D eigenvalue weighted by molar-refractivity contribution is -0.137. The normalized spacial score (nSPS) is 11.5. The van der Waals surface area contributed by atoms with Gasteiger partial charge < -0.3 is 11.1 Å². The summed E-state index contributed by atoms with van der Waals surface area (Å²) in [4.78, 5) is 0. The highest BCUT2D eigenvalue weighted by Gasteiger charge is 2.31. The molecule has 0 bridgehead atoms. The molecule has 2 nitrogen and oxygen atoms in total. The standard InChI is InChI=1S/C13H8BrClF4N2/c14-7-4-10(20)12(5-9(7)16)21-11-3-6(13(17,18)19)1-2-8(11)15/h1-5,21H,20H2. The Hall–Kier alpha value is -1.47. The zero-order chi connectivity index (χ0) is 15.8. The first-order valence-corrected chi connectivity index (χ1v) is 6.74. The first-order valence-electron chi connectivity index (χ1n) is 5.57. The van der Waals surface area contributed by atoms with Gasteiger partial charge >= 0.3 is 6.18 Å². The van der Waals surface area contributed by atoms with Crippen molar-refractivity contribution < 1.29 is 17.6 Å². The van der Waals surface area contributed by atoms with Crippen molar-refractivity contribution in [1.82, 2.24) is 0 Å². The zero-order valence-corrected chi connectivity index (χ0v) is 12.6. The molecule has 0 atom stereocenters. The van der Waals surface area contributed by atoms with Crippen LogP contribution in [0.15, 0.2) is 34.8 Å². The largest absolute Gasteiger partial charge is 0.416 e. The van der Waals surface area contributed by atoms with Crippen LogP contribution in [0.3, 0.4) is 0 Å². The molecule has 0 aromatic heterocycles. The molecule has 0 amide bonds. The molecule has 112 valence electrons. The Morgan fingerprint density at radius 3 is 2.38 bits per heavy atom. The van der Waals surface area contributed by atoms with Crippen molar-refractivity contribution in [3.05, 3.63) is 51.2 Å². The van der Waals surface area contributed by atoms with E-state index in [1.807, 2.05) is 0 Å². The van der Waals surface area contributed by atoms with Crippen LogP contribution in [0.5, 0.6) is 0 Å². The smallest absolute Gasteiger partial charge is 0.397 e. The number of nitrogens with one attached hydrogen (secondary N) is 1. The lowest BCUT2D eigenvalue weighted by atomic mass is 10.2. The van der Waals surface area contributed by atoms with Crippen molar-refractivity contribution in [2.24, 2.45) is 0 Å². The fraction of sp³-hybridized carbons (Fsp3) is 0.0769. The Morgan fingerprint density at radius 2 is 1.76 bits per heavy atom. The van der Waals surface area contributed by atoms with E-state index in [0.29, 0.717) is 0 Å². The highest BCUT2D eigenvalue weighted by atomic mass is 79.9. The molecule has 2 rings (SSSR count). The summed E-state index contributed by atoms with van der Waals surface area (Å²) in [6.45, 7) is 0. The van der Waals surface area contributed by atoms with Gasteiger partial charge in [-0.2, -0.15) is 13.2 Å². The van der Waals surface area contributed by atoms with E-state index in [9.17, 15) is 17.6 Å². The van der Waals surface area contributed by atoms with Gasteiger partial charge in [0.15, 0.2) is 0 Å². The molecule has 0 saturated carbocycles. The molecule has 0 unspecified atom stereocenters. The molecule has 8 heteroatoms. The van der Waals surface area contributed by atoms with E-state index in [-0.39, 0.29) is 26.6 Å². The molecule has 3 N–H and O–H groups in total. The van der Waals surface area contributed by atoms with Crippen molar-refractivity contribution in [3.63, 3.8) is 0 Å². The summed E-state index contributed by atoms with van der Waals surface area (Å²) in [5, 5.41) is 2.66. The van der Waals surface area contributed by atoms with Gasteiger partial charge in [-0.1, -0.05) is 11.6 Å². The van der Waals surface area contributed by atoms with E-state index < -0.39 is 17.6 Å². The van der Waals surface area contributed by atoms with Crippen molar-refractivity contribution in [3.8, 4) is 0 Å². The molecule has 2 aromatic carbocycles. The molecule has 0 aliphatic rings. The van der Waals surface area contributed by atoms with Gasteiger partial charge in [-0.3, -0.25) is 0 Å². The Kier molecular flexibility index (Phi) is 4.34.